The van der Waals surface area contributed by atoms with Crippen LogP contribution in [0.3, 0.4) is 0 Å². The summed E-state index contributed by atoms with van der Waals surface area (Å²) in [5, 5.41) is 6.20. The highest BCUT2D eigenvalue weighted by atomic mass is 35.5. The zero-order chi connectivity index (χ0) is 12.6. The Labute approximate surface area is 135 Å². The SMILES string of the molecule is Cl.Cl.O=C(CNCC1CC1)NCCCN1CCCCC1. The standard InChI is InChI=1S/C14H27N3O.2ClH/c18-14(12-15-11-13-5-6-13)16-7-4-10-17-8-2-1-3-9-17;;/h13,15H,1-12H2,(H,16,18);2*1H. The Bertz CT molecular complexity index is 257. The molecule has 6 heteroatoms. The first-order valence-electron chi connectivity index (χ1n) is 7.54. The Morgan fingerprint density at radius 1 is 1.10 bits per heavy atom. The number of amides is 1. The highest BCUT2D eigenvalue weighted by Crippen LogP contribution is 2.27. The van der Waals surface area contributed by atoms with Gasteiger partial charge in [0.15, 0.2) is 0 Å². The third-order valence-corrected chi connectivity index (χ3v) is 3.84. The molecule has 0 bridgehead atoms. The summed E-state index contributed by atoms with van der Waals surface area (Å²) in [6.07, 6.45) is 7.83. The van der Waals surface area contributed by atoms with E-state index in [1.165, 1.54) is 45.2 Å². The van der Waals surface area contributed by atoms with E-state index >= 15 is 0 Å². The minimum atomic E-state index is 0. The molecule has 2 fully saturated rings. The second kappa shape index (κ2) is 11.6. The van der Waals surface area contributed by atoms with E-state index in [0.717, 1.165) is 32.0 Å². The molecule has 1 saturated heterocycles. The van der Waals surface area contributed by atoms with Crippen LogP contribution in [0, 0.1) is 5.92 Å². The van der Waals surface area contributed by atoms with Gasteiger partial charge in [0, 0.05) is 6.54 Å². The minimum Gasteiger partial charge on any atom is -0.355 e. The number of hydrogen-bond acceptors (Lipinski definition) is 3. The van der Waals surface area contributed by atoms with E-state index in [4.69, 9.17) is 0 Å². The largest absolute Gasteiger partial charge is 0.355 e. The Morgan fingerprint density at radius 3 is 2.45 bits per heavy atom. The summed E-state index contributed by atoms with van der Waals surface area (Å²) in [7, 11) is 0. The van der Waals surface area contributed by atoms with Crippen LogP contribution in [0.2, 0.25) is 0 Å². The Morgan fingerprint density at radius 2 is 1.80 bits per heavy atom. The molecule has 0 unspecified atom stereocenters. The van der Waals surface area contributed by atoms with Crippen molar-refractivity contribution < 1.29 is 4.79 Å². The first-order chi connectivity index (χ1) is 8.84. The summed E-state index contributed by atoms with van der Waals surface area (Å²) < 4.78 is 0. The van der Waals surface area contributed by atoms with E-state index < -0.39 is 0 Å². The normalized spacial score (nSPS) is 18.8. The fraction of sp³-hybridized carbons (Fsp3) is 0.929. The number of hydrogen-bond donors (Lipinski definition) is 2. The molecule has 1 heterocycles. The molecule has 0 radical (unpaired) electrons. The first-order valence-corrected chi connectivity index (χ1v) is 7.54. The van der Waals surface area contributed by atoms with Crippen molar-refractivity contribution in [3.63, 3.8) is 0 Å². The molecular weight excluding hydrogens is 297 g/mol. The van der Waals surface area contributed by atoms with Crippen LogP contribution in [0.25, 0.3) is 0 Å². The second-order valence-electron chi connectivity index (χ2n) is 5.68. The average molecular weight is 326 g/mol. The fourth-order valence-corrected chi connectivity index (χ4v) is 2.49. The van der Waals surface area contributed by atoms with Crippen LogP contribution in [0.1, 0.15) is 38.5 Å². The molecule has 2 rings (SSSR count). The van der Waals surface area contributed by atoms with Gasteiger partial charge in [-0.2, -0.15) is 0 Å². The van der Waals surface area contributed by atoms with E-state index in [0.29, 0.717) is 6.54 Å². The summed E-state index contributed by atoms with van der Waals surface area (Å²) in [4.78, 5) is 14.0. The molecule has 0 spiro atoms. The van der Waals surface area contributed by atoms with Gasteiger partial charge < -0.3 is 15.5 Å². The predicted octanol–water partition coefficient (Wildman–Crippen LogP) is 1.82. The van der Waals surface area contributed by atoms with Crippen molar-refractivity contribution in [3.8, 4) is 0 Å². The second-order valence-corrected chi connectivity index (χ2v) is 5.68. The van der Waals surface area contributed by atoms with Crippen LogP contribution in [0.5, 0.6) is 0 Å². The number of piperidine rings is 1. The molecule has 20 heavy (non-hydrogen) atoms. The molecule has 0 aromatic rings. The van der Waals surface area contributed by atoms with Gasteiger partial charge in [0.05, 0.1) is 6.54 Å². The highest BCUT2D eigenvalue weighted by Gasteiger charge is 2.20. The number of nitrogens with one attached hydrogen (secondary N) is 2. The maximum Gasteiger partial charge on any atom is 0.233 e. The monoisotopic (exact) mass is 325 g/mol. The summed E-state index contributed by atoms with van der Waals surface area (Å²) in [5.74, 6) is 0.992. The molecule has 1 saturated carbocycles. The molecule has 4 nitrogen and oxygen atoms in total. The van der Waals surface area contributed by atoms with Crippen LogP contribution in [-0.2, 0) is 4.79 Å². The summed E-state index contributed by atoms with van der Waals surface area (Å²) >= 11 is 0. The zero-order valence-electron chi connectivity index (χ0n) is 12.2. The van der Waals surface area contributed by atoms with Gasteiger partial charge in [-0.1, -0.05) is 6.42 Å². The molecule has 1 aliphatic heterocycles. The van der Waals surface area contributed by atoms with Gasteiger partial charge in [0.2, 0.25) is 5.91 Å². The Balaban J connectivity index is 0.00000180. The number of rotatable bonds is 8. The van der Waals surface area contributed by atoms with Crippen LogP contribution in [-0.4, -0.2) is 50.1 Å². The van der Waals surface area contributed by atoms with Gasteiger partial charge in [-0.15, -0.1) is 24.8 Å². The third kappa shape index (κ3) is 9.01. The maximum atomic E-state index is 11.5. The summed E-state index contributed by atoms with van der Waals surface area (Å²) in [6, 6.07) is 0. The van der Waals surface area contributed by atoms with E-state index in [2.05, 4.69) is 15.5 Å². The van der Waals surface area contributed by atoms with Crippen molar-refractivity contribution in [2.45, 2.75) is 38.5 Å². The lowest BCUT2D eigenvalue weighted by molar-refractivity contribution is -0.120. The van der Waals surface area contributed by atoms with Crippen LogP contribution in [0.15, 0.2) is 0 Å². The van der Waals surface area contributed by atoms with E-state index in [9.17, 15) is 4.79 Å². The van der Waals surface area contributed by atoms with Crippen molar-refractivity contribution in [1.29, 1.82) is 0 Å². The molecule has 0 aromatic heterocycles. The number of likely N-dealkylation sites (tertiary alicyclic amines) is 1. The van der Waals surface area contributed by atoms with Gasteiger partial charge in [0.1, 0.15) is 0 Å². The number of nitrogens with zero attached hydrogens (tertiary/aromatic N) is 1. The average Bonchev–Trinajstić information content (AvgIpc) is 3.20. The third-order valence-electron chi connectivity index (χ3n) is 3.84. The Kier molecular flexibility index (Phi) is 11.6. The fourth-order valence-electron chi connectivity index (χ4n) is 2.49. The summed E-state index contributed by atoms with van der Waals surface area (Å²) in [5.41, 5.74) is 0. The number of carbonyl (C=O) groups is 1. The van der Waals surface area contributed by atoms with Crippen molar-refractivity contribution in [1.82, 2.24) is 15.5 Å². The smallest absolute Gasteiger partial charge is 0.233 e. The first kappa shape index (κ1) is 20.0. The van der Waals surface area contributed by atoms with Crippen LogP contribution >= 0.6 is 24.8 Å². The lowest BCUT2D eigenvalue weighted by Crippen LogP contribution is -2.37. The molecule has 1 amide bonds. The maximum absolute atomic E-state index is 11.5. The van der Waals surface area contributed by atoms with Crippen molar-refractivity contribution in [2.75, 3.05) is 39.3 Å². The predicted molar refractivity (Wildman–Crippen MR) is 88.0 cm³/mol. The van der Waals surface area contributed by atoms with Crippen molar-refractivity contribution in [3.05, 3.63) is 0 Å². The number of halogens is 2. The molecule has 1 aliphatic carbocycles. The van der Waals surface area contributed by atoms with Gasteiger partial charge >= 0.3 is 0 Å². The topological polar surface area (TPSA) is 44.4 Å². The van der Waals surface area contributed by atoms with E-state index in [1.54, 1.807) is 0 Å². The van der Waals surface area contributed by atoms with E-state index in [1.807, 2.05) is 0 Å². The minimum absolute atomic E-state index is 0. The Hall–Kier alpha value is -0.0300. The van der Waals surface area contributed by atoms with Crippen LogP contribution < -0.4 is 10.6 Å². The molecule has 0 atom stereocenters. The van der Waals surface area contributed by atoms with Crippen LogP contribution in [0.4, 0.5) is 0 Å². The van der Waals surface area contributed by atoms with Crippen molar-refractivity contribution >= 4 is 30.7 Å². The van der Waals surface area contributed by atoms with Gasteiger partial charge in [-0.25, -0.2) is 0 Å². The van der Waals surface area contributed by atoms with Crippen molar-refractivity contribution in [2.24, 2.45) is 5.92 Å². The molecule has 2 aliphatic rings. The lowest BCUT2D eigenvalue weighted by atomic mass is 10.1. The van der Waals surface area contributed by atoms with Gasteiger partial charge in [-0.3, -0.25) is 4.79 Å². The zero-order valence-corrected chi connectivity index (χ0v) is 13.9. The molecule has 120 valence electrons. The molecule has 0 aromatic carbocycles. The highest BCUT2D eigenvalue weighted by molar-refractivity contribution is 5.85. The lowest BCUT2D eigenvalue weighted by Gasteiger charge is -2.26. The number of carbonyl (C=O) groups excluding carboxylic acids is 1. The quantitative estimate of drug-likeness (QED) is 0.669. The van der Waals surface area contributed by atoms with Gasteiger partial charge in [0.25, 0.3) is 0 Å². The molecule has 2 N–H and O–H groups in total. The van der Waals surface area contributed by atoms with Gasteiger partial charge in [-0.05, 0) is 64.2 Å². The molecular formula is C14H29Cl2N3O. The van der Waals surface area contributed by atoms with E-state index in [-0.39, 0.29) is 30.7 Å². The summed E-state index contributed by atoms with van der Waals surface area (Å²) in [6.45, 7) is 5.95.